The van der Waals surface area contributed by atoms with Crippen LogP contribution in [-0.2, 0) is 9.31 Å². The largest absolute Gasteiger partial charge is 0.498 e. The van der Waals surface area contributed by atoms with Crippen LogP contribution in [0.5, 0.6) is 0 Å². The smallest absolute Gasteiger partial charge is 0.399 e. The lowest BCUT2D eigenvalue weighted by Crippen LogP contribution is -2.41. The molecular formula is C12H21BO2. The minimum absolute atomic E-state index is 0.240. The van der Waals surface area contributed by atoms with Gasteiger partial charge in [-0.3, -0.25) is 0 Å². The van der Waals surface area contributed by atoms with Crippen molar-refractivity contribution in [1.82, 2.24) is 0 Å². The molecule has 0 unspecified atom stereocenters. The Bertz CT molecular complexity index is 283. The van der Waals surface area contributed by atoms with Crippen LogP contribution < -0.4 is 0 Å². The molecule has 0 N–H and O–H groups in total. The van der Waals surface area contributed by atoms with Crippen molar-refractivity contribution in [2.24, 2.45) is 0 Å². The molecule has 1 saturated heterocycles. The van der Waals surface area contributed by atoms with Crippen LogP contribution in [0, 0.1) is 0 Å². The Hall–Kier alpha value is -0.495. The number of hydrogen-bond donors (Lipinski definition) is 0. The maximum atomic E-state index is 5.93. The molecule has 1 aliphatic rings. The molecule has 0 atom stereocenters. The molecule has 84 valence electrons. The highest BCUT2D eigenvalue weighted by molar-refractivity contribution is 6.54. The standard InChI is InChI=1S/C12H21BO2/c1-7-9-10(8-2)13-14-11(3,4)12(5,6)15-13/h7H,8H2,1-6H3. The maximum Gasteiger partial charge on any atom is 0.498 e. The van der Waals surface area contributed by atoms with E-state index in [1.54, 1.807) is 0 Å². The van der Waals surface area contributed by atoms with Gasteiger partial charge in [-0.2, -0.15) is 0 Å². The van der Waals surface area contributed by atoms with E-state index < -0.39 is 0 Å². The molecule has 0 aromatic carbocycles. The average Bonchev–Trinajstić information content (AvgIpc) is 2.32. The zero-order chi connectivity index (χ0) is 11.7. The predicted octanol–water partition coefficient (Wildman–Crippen LogP) is 3.13. The van der Waals surface area contributed by atoms with Crippen LogP contribution in [0.3, 0.4) is 0 Å². The number of hydrogen-bond acceptors (Lipinski definition) is 2. The molecule has 0 saturated carbocycles. The van der Waals surface area contributed by atoms with Crippen LogP contribution in [0.1, 0.15) is 48.0 Å². The minimum Gasteiger partial charge on any atom is -0.399 e. The molecule has 0 spiro atoms. The molecule has 0 bridgehead atoms. The summed E-state index contributed by atoms with van der Waals surface area (Å²) < 4.78 is 11.9. The number of rotatable bonds is 2. The lowest BCUT2D eigenvalue weighted by atomic mass is 9.77. The predicted molar refractivity (Wildman–Crippen MR) is 63.6 cm³/mol. The third-order valence-corrected chi connectivity index (χ3v) is 3.25. The summed E-state index contributed by atoms with van der Waals surface area (Å²) in [6.07, 6.45) is 2.81. The van der Waals surface area contributed by atoms with E-state index in [2.05, 4.69) is 40.3 Å². The zero-order valence-corrected chi connectivity index (χ0v) is 10.7. The topological polar surface area (TPSA) is 18.5 Å². The van der Waals surface area contributed by atoms with Crippen molar-refractivity contribution in [3.8, 4) is 0 Å². The lowest BCUT2D eigenvalue weighted by Gasteiger charge is -2.32. The van der Waals surface area contributed by atoms with Crippen molar-refractivity contribution < 1.29 is 9.31 Å². The minimum atomic E-state index is -0.256. The lowest BCUT2D eigenvalue weighted by molar-refractivity contribution is 0.00578. The highest BCUT2D eigenvalue weighted by Gasteiger charge is 2.52. The molecule has 2 nitrogen and oxygen atoms in total. The van der Waals surface area contributed by atoms with Crippen molar-refractivity contribution in [1.29, 1.82) is 0 Å². The molecule has 0 aliphatic carbocycles. The fourth-order valence-electron chi connectivity index (χ4n) is 1.51. The van der Waals surface area contributed by atoms with Crippen LogP contribution in [0.15, 0.2) is 17.3 Å². The normalized spacial score (nSPS) is 22.4. The Kier molecular flexibility index (Phi) is 3.50. The second-order valence-corrected chi connectivity index (χ2v) is 4.90. The first-order valence-electron chi connectivity index (χ1n) is 5.60. The van der Waals surface area contributed by atoms with Gasteiger partial charge in [-0.25, -0.2) is 0 Å². The molecular weight excluding hydrogens is 187 g/mol. The van der Waals surface area contributed by atoms with Gasteiger partial charge in [0.05, 0.1) is 11.2 Å². The number of allylic oxidation sites excluding steroid dienone is 1. The van der Waals surface area contributed by atoms with Crippen LogP contribution in [0.4, 0.5) is 0 Å². The van der Waals surface area contributed by atoms with Crippen LogP contribution >= 0.6 is 0 Å². The molecule has 0 aromatic heterocycles. The Morgan fingerprint density at radius 3 is 2.00 bits per heavy atom. The van der Waals surface area contributed by atoms with Crippen molar-refractivity contribution in [3.05, 3.63) is 17.3 Å². The van der Waals surface area contributed by atoms with Gasteiger partial charge >= 0.3 is 7.12 Å². The fraction of sp³-hybridized carbons (Fsp3) is 0.750. The van der Waals surface area contributed by atoms with E-state index in [4.69, 9.17) is 9.31 Å². The zero-order valence-electron chi connectivity index (χ0n) is 10.7. The molecule has 1 rings (SSSR count). The van der Waals surface area contributed by atoms with E-state index in [0.29, 0.717) is 0 Å². The highest BCUT2D eigenvalue weighted by atomic mass is 16.7. The molecule has 1 fully saturated rings. The molecule has 1 heterocycles. The SMILES string of the molecule is CC=C=C(CC)B1OC(C)(C)C(C)(C)O1. The fourth-order valence-corrected chi connectivity index (χ4v) is 1.51. The Labute approximate surface area is 93.5 Å². The summed E-state index contributed by atoms with van der Waals surface area (Å²) in [5, 5.41) is 0. The summed E-state index contributed by atoms with van der Waals surface area (Å²) in [6.45, 7) is 12.3. The van der Waals surface area contributed by atoms with E-state index in [0.717, 1.165) is 11.9 Å². The first kappa shape index (κ1) is 12.6. The van der Waals surface area contributed by atoms with Gasteiger partial charge < -0.3 is 9.31 Å². The second-order valence-electron chi connectivity index (χ2n) is 4.90. The average molecular weight is 208 g/mol. The van der Waals surface area contributed by atoms with Crippen molar-refractivity contribution >= 4 is 7.12 Å². The van der Waals surface area contributed by atoms with Gasteiger partial charge in [-0.15, -0.1) is 5.73 Å². The van der Waals surface area contributed by atoms with E-state index in [-0.39, 0.29) is 18.3 Å². The third-order valence-electron chi connectivity index (χ3n) is 3.25. The van der Waals surface area contributed by atoms with Gasteiger partial charge in [0.2, 0.25) is 0 Å². The third kappa shape index (κ3) is 2.36. The molecule has 1 aliphatic heterocycles. The highest BCUT2D eigenvalue weighted by Crippen LogP contribution is 2.38. The molecule has 0 radical (unpaired) electrons. The van der Waals surface area contributed by atoms with Crippen LogP contribution in [0.2, 0.25) is 0 Å². The van der Waals surface area contributed by atoms with Crippen molar-refractivity contribution in [2.75, 3.05) is 0 Å². The monoisotopic (exact) mass is 208 g/mol. The van der Waals surface area contributed by atoms with Crippen LogP contribution in [-0.4, -0.2) is 18.3 Å². The summed E-state index contributed by atoms with van der Waals surface area (Å²) >= 11 is 0. The molecule has 15 heavy (non-hydrogen) atoms. The van der Waals surface area contributed by atoms with E-state index in [1.165, 1.54) is 0 Å². The van der Waals surface area contributed by atoms with Crippen LogP contribution in [0.25, 0.3) is 0 Å². The summed E-state index contributed by atoms with van der Waals surface area (Å²) in [7, 11) is -0.240. The Morgan fingerprint density at radius 1 is 1.20 bits per heavy atom. The van der Waals surface area contributed by atoms with Gasteiger partial charge in [0.15, 0.2) is 0 Å². The van der Waals surface area contributed by atoms with Gasteiger partial charge in [0, 0.05) is 5.47 Å². The summed E-state index contributed by atoms with van der Waals surface area (Å²) in [6, 6.07) is 0. The molecule has 0 amide bonds. The second kappa shape index (κ2) is 4.17. The van der Waals surface area contributed by atoms with E-state index >= 15 is 0 Å². The van der Waals surface area contributed by atoms with Gasteiger partial charge in [-0.05, 0) is 47.1 Å². The van der Waals surface area contributed by atoms with Gasteiger partial charge in [0.25, 0.3) is 0 Å². The summed E-state index contributed by atoms with van der Waals surface area (Å²) in [5.74, 6) is 0. The Balaban J connectivity index is 2.92. The van der Waals surface area contributed by atoms with E-state index in [9.17, 15) is 0 Å². The first-order chi connectivity index (χ1) is 6.84. The Morgan fingerprint density at radius 2 is 1.67 bits per heavy atom. The molecule has 0 aromatic rings. The molecule has 3 heteroatoms. The van der Waals surface area contributed by atoms with Crippen molar-refractivity contribution in [2.45, 2.75) is 59.2 Å². The van der Waals surface area contributed by atoms with Gasteiger partial charge in [-0.1, -0.05) is 6.92 Å². The van der Waals surface area contributed by atoms with Gasteiger partial charge in [0.1, 0.15) is 0 Å². The van der Waals surface area contributed by atoms with Crippen molar-refractivity contribution in [3.63, 3.8) is 0 Å². The summed E-state index contributed by atoms with van der Waals surface area (Å²) in [4.78, 5) is 0. The summed E-state index contributed by atoms with van der Waals surface area (Å²) in [5.41, 5.74) is 3.76. The maximum absolute atomic E-state index is 5.93. The quantitative estimate of drug-likeness (QED) is 0.512. The first-order valence-corrected chi connectivity index (χ1v) is 5.60. The van der Waals surface area contributed by atoms with E-state index in [1.807, 2.05) is 13.0 Å².